The lowest BCUT2D eigenvalue weighted by molar-refractivity contribution is -0.141. The predicted molar refractivity (Wildman–Crippen MR) is 93.9 cm³/mol. The van der Waals surface area contributed by atoms with E-state index in [1.807, 2.05) is 13.8 Å². The number of methoxy groups -OCH3 is 1. The minimum absolute atomic E-state index is 0.127. The number of pyridine rings is 1. The van der Waals surface area contributed by atoms with E-state index in [1.165, 1.54) is 13.2 Å². The predicted octanol–water partition coefficient (Wildman–Crippen LogP) is 4.29. The van der Waals surface area contributed by atoms with Crippen LogP contribution in [0.15, 0.2) is 36.5 Å². The Labute approximate surface area is 153 Å². The van der Waals surface area contributed by atoms with Crippen LogP contribution in [0.3, 0.4) is 0 Å². The molecule has 27 heavy (non-hydrogen) atoms. The third-order valence-electron chi connectivity index (χ3n) is 3.93. The van der Waals surface area contributed by atoms with Crippen molar-refractivity contribution in [2.45, 2.75) is 26.1 Å². The van der Waals surface area contributed by atoms with E-state index in [1.54, 1.807) is 23.0 Å². The number of benzene rings is 1. The fourth-order valence-electron chi connectivity index (χ4n) is 2.66. The fourth-order valence-corrected chi connectivity index (χ4v) is 2.66. The summed E-state index contributed by atoms with van der Waals surface area (Å²) in [7, 11) is 1.44. The van der Waals surface area contributed by atoms with E-state index in [9.17, 15) is 18.0 Å². The lowest BCUT2D eigenvalue weighted by Gasteiger charge is -2.13. The molecular weight excluding hydrogens is 361 g/mol. The molecule has 1 aromatic carbocycles. The van der Waals surface area contributed by atoms with Crippen LogP contribution in [0.25, 0.3) is 10.9 Å². The standard InChI is InChI=1S/C18H17F3N4O2/c1-10(2)25-14-8-15(27-3)13(7-11(14)9-22-25)24-17(26)12-5-4-6-16(23-12)18(19,20)21/h4-10H,1-3H3,(H,24,26). The Morgan fingerprint density at radius 1 is 1.26 bits per heavy atom. The topological polar surface area (TPSA) is 69.0 Å². The number of rotatable bonds is 4. The molecule has 2 heterocycles. The lowest BCUT2D eigenvalue weighted by atomic mass is 10.2. The number of ether oxygens (including phenoxy) is 1. The summed E-state index contributed by atoms with van der Waals surface area (Å²) < 4.78 is 45.5. The molecule has 0 spiro atoms. The van der Waals surface area contributed by atoms with Crippen molar-refractivity contribution in [3.63, 3.8) is 0 Å². The van der Waals surface area contributed by atoms with Crippen molar-refractivity contribution in [2.75, 3.05) is 12.4 Å². The minimum Gasteiger partial charge on any atom is -0.494 e. The first kappa shape index (κ1) is 18.7. The Hall–Kier alpha value is -3.10. The Bertz CT molecular complexity index is 996. The molecule has 0 atom stereocenters. The molecule has 0 aliphatic heterocycles. The van der Waals surface area contributed by atoms with Crippen LogP contribution in [-0.4, -0.2) is 27.8 Å². The van der Waals surface area contributed by atoms with E-state index >= 15 is 0 Å². The van der Waals surface area contributed by atoms with Gasteiger partial charge in [-0.15, -0.1) is 0 Å². The van der Waals surface area contributed by atoms with Gasteiger partial charge >= 0.3 is 6.18 Å². The van der Waals surface area contributed by atoms with Crippen LogP contribution in [0, 0.1) is 0 Å². The summed E-state index contributed by atoms with van der Waals surface area (Å²) in [4.78, 5) is 15.8. The molecule has 0 aliphatic rings. The molecule has 9 heteroatoms. The van der Waals surface area contributed by atoms with Gasteiger partial charge in [0.15, 0.2) is 0 Å². The number of carbonyl (C=O) groups excluding carboxylic acids is 1. The molecule has 6 nitrogen and oxygen atoms in total. The number of alkyl halides is 3. The Morgan fingerprint density at radius 3 is 2.63 bits per heavy atom. The van der Waals surface area contributed by atoms with Gasteiger partial charge in [0.05, 0.1) is 24.5 Å². The smallest absolute Gasteiger partial charge is 0.433 e. The van der Waals surface area contributed by atoms with Crippen LogP contribution in [-0.2, 0) is 6.18 Å². The highest BCUT2D eigenvalue weighted by atomic mass is 19.4. The molecule has 0 unspecified atom stereocenters. The molecular formula is C18H17F3N4O2. The van der Waals surface area contributed by atoms with Gasteiger partial charge in [0.25, 0.3) is 5.91 Å². The van der Waals surface area contributed by atoms with Crippen LogP contribution in [0.5, 0.6) is 5.75 Å². The van der Waals surface area contributed by atoms with Crippen molar-refractivity contribution < 1.29 is 22.7 Å². The number of carbonyl (C=O) groups is 1. The van der Waals surface area contributed by atoms with E-state index in [-0.39, 0.29) is 11.7 Å². The molecule has 0 radical (unpaired) electrons. The summed E-state index contributed by atoms with van der Waals surface area (Å²) in [6, 6.07) is 6.67. The van der Waals surface area contributed by atoms with Gasteiger partial charge in [0.1, 0.15) is 17.1 Å². The number of nitrogens with one attached hydrogen (secondary N) is 1. The van der Waals surface area contributed by atoms with Gasteiger partial charge in [-0.3, -0.25) is 9.48 Å². The summed E-state index contributed by atoms with van der Waals surface area (Å²) in [6.07, 6.45) is -2.98. The molecule has 142 valence electrons. The second kappa shape index (κ2) is 6.90. The molecule has 2 aromatic heterocycles. The average molecular weight is 378 g/mol. The summed E-state index contributed by atoms with van der Waals surface area (Å²) in [6.45, 7) is 3.96. The van der Waals surface area contributed by atoms with Crippen molar-refractivity contribution in [3.05, 3.63) is 47.9 Å². The molecule has 1 amide bonds. The first-order valence-electron chi connectivity index (χ1n) is 8.11. The number of fused-ring (bicyclic) bond motifs is 1. The number of amides is 1. The molecule has 3 rings (SSSR count). The quantitative estimate of drug-likeness (QED) is 0.735. The SMILES string of the molecule is COc1cc2c(cnn2C(C)C)cc1NC(=O)c1cccc(C(F)(F)F)n1. The van der Waals surface area contributed by atoms with E-state index in [0.717, 1.165) is 23.0 Å². The first-order chi connectivity index (χ1) is 12.7. The third-order valence-corrected chi connectivity index (χ3v) is 3.93. The average Bonchev–Trinajstić information content (AvgIpc) is 3.03. The van der Waals surface area contributed by atoms with Gasteiger partial charge in [-0.2, -0.15) is 18.3 Å². The highest BCUT2D eigenvalue weighted by Crippen LogP contribution is 2.32. The Morgan fingerprint density at radius 2 is 2.00 bits per heavy atom. The van der Waals surface area contributed by atoms with E-state index in [0.29, 0.717) is 11.4 Å². The van der Waals surface area contributed by atoms with Crippen molar-refractivity contribution in [2.24, 2.45) is 0 Å². The van der Waals surface area contributed by atoms with Crippen LogP contribution >= 0.6 is 0 Å². The monoisotopic (exact) mass is 378 g/mol. The zero-order valence-electron chi connectivity index (χ0n) is 14.8. The van der Waals surface area contributed by atoms with E-state index in [2.05, 4.69) is 15.4 Å². The van der Waals surface area contributed by atoms with Gasteiger partial charge in [-0.05, 0) is 32.0 Å². The maximum absolute atomic E-state index is 12.8. The van der Waals surface area contributed by atoms with Gasteiger partial charge in [-0.25, -0.2) is 4.98 Å². The van der Waals surface area contributed by atoms with Crippen LogP contribution in [0.1, 0.15) is 36.1 Å². The zero-order chi connectivity index (χ0) is 19.8. The van der Waals surface area contributed by atoms with Gasteiger partial charge in [0.2, 0.25) is 0 Å². The number of aromatic nitrogens is 3. The fraction of sp³-hybridized carbons (Fsp3) is 0.278. The Kier molecular flexibility index (Phi) is 4.77. The summed E-state index contributed by atoms with van der Waals surface area (Å²) in [5.74, 6) is -0.403. The number of anilines is 1. The number of nitrogens with zero attached hydrogens (tertiary/aromatic N) is 3. The number of hydrogen-bond donors (Lipinski definition) is 1. The molecule has 1 N–H and O–H groups in total. The first-order valence-corrected chi connectivity index (χ1v) is 8.11. The number of halogens is 3. The third kappa shape index (κ3) is 3.71. The maximum atomic E-state index is 12.8. The molecule has 3 aromatic rings. The summed E-state index contributed by atoms with van der Waals surface area (Å²) in [5.41, 5.74) is -0.338. The van der Waals surface area contributed by atoms with Crippen LogP contribution < -0.4 is 10.1 Å². The van der Waals surface area contributed by atoms with Gasteiger partial charge in [0, 0.05) is 17.5 Å². The Balaban J connectivity index is 1.95. The van der Waals surface area contributed by atoms with Crippen molar-refractivity contribution >= 4 is 22.5 Å². The minimum atomic E-state index is -4.63. The second-order valence-corrected chi connectivity index (χ2v) is 6.15. The van der Waals surface area contributed by atoms with Crippen LogP contribution in [0.4, 0.5) is 18.9 Å². The highest BCUT2D eigenvalue weighted by molar-refractivity contribution is 6.05. The summed E-state index contributed by atoms with van der Waals surface area (Å²) in [5, 5.41) is 7.62. The van der Waals surface area contributed by atoms with Crippen molar-refractivity contribution in [3.8, 4) is 5.75 Å². The molecule has 0 saturated carbocycles. The molecule has 0 fully saturated rings. The lowest BCUT2D eigenvalue weighted by Crippen LogP contribution is -2.17. The van der Waals surface area contributed by atoms with Crippen molar-refractivity contribution in [1.29, 1.82) is 0 Å². The molecule has 0 saturated heterocycles. The molecule has 0 bridgehead atoms. The maximum Gasteiger partial charge on any atom is 0.433 e. The van der Waals surface area contributed by atoms with Gasteiger partial charge in [-0.1, -0.05) is 6.07 Å². The zero-order valence-corrected chi connectivity index (χ0v) is 14.8. The largest absolute Gasteiger partial charge is 0.494 e. The van der Waals surface area contributed by atoms with Crippen LogP contribution in [0.2, 0.25) is 0 Å². The number of hydrogen-bond acceptors (Lipinski definition) is 4. The van der Waals surface area contributed by atoms with Crippen molar-refractivity contribution in [1.82, 2.24) is 14.8 Å². The van der Waals surface area contributed by atoms with E-state index in [4.69, 9.17) is 4.74 Å². The summed E-state index contributed by atoms with van der Waals surface area (Å²) >= 11 is 0. The molecule has 0 aliphatic carbocycles. The second-order valence-electron chi connectivity index (χ2n) is 6.15. The van der Waals surface area contributed by atoms with Gasteiger partial charge < -0.3 is 10.1 Å². The highest BCUT2D eigenvalue weighted by Gasteiger charge is 2.33. The normalized spacial score (nSPS) is 11.8. The van der Waals surface area contributed by atoms with E-state index < -0.39 is 17.8 Å².